The van der Waals surface area contributed by atoms with E-state index in [0.717, 1.165) is 38.6 Å². The minimum atomic E-state index is -0.579. The molecule has 26 heavy (non-hydrogen) atoms. The Morgan fingerprint density at radius 1 is 1.31 bits per heavy atom. The molecular formula is C20H23FN2O2S. The monoisotopic (exact) mass is 374 g/mol. The van der Waals surface area contributed by atoms with Crippen LogP contribution in [0, 0.1) is 13.8 Å². The zero-order valence-electron chi connectivity index (χ0n) is 15.6. The molecule has 0 aliphatic rings. The van der Waals surface area contributed by atoms with E-state index in [4.69, 9.17) is 9.72 Å². The lowest BCUT2D eigenvalue weighted by atomic mass is 10.0. The molecular weight excluding hydrogens is 351 g/mol. The summed E-state index contributed by atoms with van der Waals surface area (Å²) in [7, 11) is 1.64. The quantitative estimate of drug-likeness (QED) is 0.630. The summed E-state index contributed by atoms with van der Waals surface area (Å²) in [6, 6.07) is 5.89. The molecule has 0 spiro atoms. The maximum atomic E-state index is 13.2. The molecule has 1 aromatic carbocycles. The summed E-state index contributed by atoms with van der Waals surface area (Å²) in [5.41, 5.74) is 2.71. The number of halogens is 1. The van der Waals surface area contributed by atoms with Gasteiger partial charge in [0.15, 0.2) is 0 Å². The van der Waals surface area contributed by atoms with E-state index in [9.17, 15) is 9.18 Å². The number of thiophene rings is 1. The van der Waals surface area contributed by atoms with Gasteiger partial charge in [0.05, 0.1) is 19.0 Å². The van der Waals surface area contributed by atoms with Gasteiger partial charge in [0.2, 0.25) is 0 Å². The van der Waals surface area contributed by atoms with Gasteiger partial charge in [-0.05, 0) is 43.5 Å². The van der Waals surface area contributed by atoms with E-state index in [1.165, 1.54) is 15.9 Å². The largest absolute Gasteiger partial charge is 0.496 e. The number of benzene rings is 1. The van der Waals surface area contributed by atoms with Crippen LogP contribution in [-0.2, 0) is 13.0 Å². The highest BCUT2D eigenvalue weighted by Gasteiger charge is 2.20. The topological polar surface area (TPSA) is 44.1 Å². The zero-order valence-corrected chi connectivity index (χ0v) is 16.4. The molecule has 0 saturated heterocycles. The molecule has 0 atom stereocenters. The fourth-order valence-electron chi connectivity index (χ4n) is 3.35. The Hall–Kier alpha value is -2.21. The van der Waals surface area contributed by atoms with Crippen LogP contribution in [0.15, 0.2) is 23.0 Å². The number of aryl methyl sites for hydroxylation is 3. The Labute approximate surface area is 156 Å². The molecule has 6 heteroatoms. The Morgan fingerprint density at radius 3 is 2.69 bits per heavy atom. The summed E-state index contributed by atoms with van der Waals surface area (Å²) < 4.78 is 19.9. The van der Waals surface area contributed by atoms with Crippen molar-refractivity contribution in [1.82, 2.24) is 9.55 Å². The molecule has 138 valence electrons. The van der Waals surface area contributed by atoms with Gasteiger partial charge >= 0.3 is 0 Å². The van der Waals surface area contributed by atoms with E-state index in [2.05, 4.69) is 0 Å². The van der Waals surface area contributed by atoms with Crippen molar-refractivity contribution in [3.8, 4) is 16.9 Å². The van der Waals surface area contributed by atoms with Gasteiger partial charge in [-0.25, -0.2) is 9.37 Å². The molecule has 0 fully saturated rings. The number of nitrogens with zero attached hydrogens (tertiary/aromatic N) is 2. The van der Waals surface area contributed by atoms with Crippen molar-refractivity contribution in [2.24, 2.45) is 0 Å². The van der Waals surface area contributed by atoms with Gasteiger partial charge in [-0.3, -0.25) is 9.36 Å². The Morgan fingerprint density at radius 2 is 2.08 bits per heavy atom. The van der Waals surface area contributed by atoms with E-state index in [1.54, 1.807) is 7.11 Å². The SMILES string of the molecule is CCCc1nc2sc(C)c(-c3ccc(OC)c(C)c3)c2c(=O)n1CCF. The van der Waals surface area contributed by atoms with Gasteiger partial charge in [0, 0.05) is 16.9 Å². The third-order valence-corrected chi connectivity index (χ3v) is 5.53. The number of rotatable bonds is 6. The lowest BCUT2D eigenvalue weighted by Crippen LogP contribution is -2.26. The second-order valence-corrected chi connectivity index (χ2v) is 7.52. The first-order chi connectivity index (χ1) is 12.5. The first-order valence-corrected chi connectivity index (χ1v) is 9.57. The summed E-state index contributed by atoms with van der Waals surface area (Å²) in [5.74, 6) is 1.48. The Bertz CT molecular complexity index is 1010. The number of alkyl halides is 1. The Balaban J connectivity index is 2.30. The molecule has 0 N–H and O–H groups in total. The number of methoxy groups -OCH3 is 1. The van der Waals surface area contributed by atoms with Crippen LogP contribution in [-0.4, -0.2) is 23.3 Å². The molecule has 2 aromatic heterocycles. The van der Waals surface area contributed by atoms with Gasteiger partial charge in [-0.15, -0.1) is 11.3 Å². The highest BCUT2D eigenvalue weighted by Crippen LogP contribution is 2.37. The molecule has 0 saturated carbocycles. The standard InChI is InChI=1S/C20H23FN2O2S/c1-5-6-16-22-19-18(20(24)23(16)10-9-21)17(13(3)26-19)14-7-8-15(25-4)12(2)11-14/h7-8,11H,5-6,9-10H2,1-4H3. The van der Waals surface area contributed by atoms with Gasteiger partial charge in [-0.2, -0.15) is 0 Å². The van der Waals surface area contributed by atoms with Crippen LogP contribution < -0.4 is 10.3 Å². The molecule has 0 aliphatic heterocycles. The maximum absolute atomic E-state index is 13.2. The van der Waals surface area contributed by atoms with E-state index in [-0.39, 0.29) is 12.1 Å². The molecule has 0 unspecified atom stereocenters. The third kappa shape index (κ3) is 3.14. The van der Waals surface area contributed by atoms with Crippen molar-refractivity contribution in [3.05, 3.63) is 44.8 Å². The molecule has 3 aromatic rings. The van der Waals surface area contributed by atoms with Gasteiger partial charge < -0.3 is 4.74 Å². The molecule has 0 aliphatic carbocycles. The molecule has 4 nitrogen and oxygen atoms in total. The van der Waals surface area contributed by atoms with E-state index >= 15 is 0 Å². The van der Waals surface area contributed by atoms with Crippen LogP contribution in [0.4, 0.5) is 4.39 Å². The number of aromatic nitrogens is 2. The van der Waals surface area contributed by atoms with Crippen molar-refractivity contribution >= 4 is 21.6 Å². The number of fused-ring (bicyclic) bond motifs is 1. The smallest absolute Gasteiger partial charge is 0.263 e. The summed E-state index contributed by atoms with van der Waals surface area (Å²) in [6.07, 6.45) is 1.53. The summed E-state index contributed by atoms with van der Waals surface area (Å²) in [6.45, 7) is 5.48. The van der Waals surface area contributed by atoms with E-state index < -0.39 is 6.67 Å². The number of hydrogen-bond acceptors (Lipinski definition) is 4. The van der Waals surface area contributed by atoms with Crippen LogP contribution in [0.3, 0.4) is 0 Å². The summed E-state index contributed by atoms with van der Waals surface area (Å²) in [4.78, 5) is 19.6. The first kappa shape index (κ1) is 18.6. The van der Waals surface area contributed by atoms with Crippen LogP contribution in [0.5, 0.6) is 5.75 Å². The fraction of sp³-hybridized carbons (Fsp3) is 0.400. The number of ether oxygens (including phenoxy) is 1. The minimum Gasteiger partial charge on any atom is -0.496 e. The predicted molar refractivity (Wildman–Crippen MR) is 105 cm³/mol. The van der Waals surface area contributed by atoms with Crippen LogP contribution in [0.1, 0.15) is 29.6 Å². The maximum Gasteiger partial charge on any atom is 0.263 e. The average molecular weight is 374 g/mol. The Kier molecular flexibility index (Phi) is 5.41. The van der Waals surface area contributed by atoms with Crippen molar-refractivity contribution in [2.75, 3.05) is 13.8 Å². The first-order valence-electron chi connectivity index (χ1n) is 8.75. The van der Waals surface area contributed by atoms with Crippen LogP contribution in [0.2, 0.25) is 0 Å². The van der Waals surface area contributed by atoms with Crippen molar-refractivity contribution < 1.29 is 9.13 Å². The predicted octanol–water partition coefficient (Wildman–Crippen LogP) is 4.67. The number of hydrogen-bond donors (Lipinski definition) is 0. The molecule has 0 amide bonds. The highest BCUT2D eigenvalue weighted by atomic mass is 32.1. The zero-order chi connectivity index (χ0) is 18.8. The fourth-order valence-corrected chi connectivity index (χ4v) is 4.40. The normalized spacial score (nSPS) is 11.3. The lowest BCUT2D eigenvalue weighted by Gasteiger charge is -2.11. The molecule has 0 radical (unpaired) electrons. The molecule has 2 heterocycles. The minimum absolute atomic E-state index is 0.0487. The van der Waals surface area contributed by atoms with Gasteiger partial charge in [0.1, 0.15) is 23.1 Å². The average Bonchev–Trinajstić information content (AvgIpc) is 2.94. The summed E-state index contributed by atoms with van der Waals surface area (Å²) >= 11 is 1.52. The lowest BCUT2D eigenvalue weighted by molar-refractivity contribution is 0.412. The van der Waals surface area contributed by atoms with Crippen LogP contribution >= 0.6 is 11.3 Å². The van der Waals surface area contributed by atoms with Crippen molar-refractivity contribution in [3.63, 3.8) is 0 Å². The van der Waals surface area contributed by atoms with Gasteiger partial charge in [-0.1, -0.05) is 13.0 Å². The van der Waals surface area contributed by atoms with Crippen molar-refractivity contribution in [1.29, 1.82) is 0 Å². The second-order valence-electron chi connectivity index (χ2n) is 6.32. The third-order valence-electron chi connectivity index (χ3n) is 4.53. The van der Waals surface area contributed by atoms with E-state index in [1.807, 2.05) is 39.0 Å². The molecule has 3 rings (SSSR count). The summed E-state index contributed by atoms with van der Waals surface area (Å²) in [5, 5.41) is 0.588. The van der Waals surface area contributed by atoms with E-state index in [0.29, 0.717) is 17.6 Å². The van der Waals surface area contributed by atoms with Gasteiger partial charge in [0.25, 0.3) is 5.56 Å². The van der Waals surface area contributed by atoms with Crippen molar-refractivity contribution in [2.45, 2.75) is 40.2 Å². The highest BCUT2D eigenvalue weighted by molar-refractivity contribution is 7.19. The molecule has 0 bridgehead atoms. The second kappa shape index (κ2) is 7.58. The van der Waals surface area contributed by atoms with Crippen LogP contribution in [0.25, 0.3) is 21.3 Å².